The molecule has 0 aliphatic heterocycles. The molecule has 1 aliphatic carbocycles. The molecular formula is C14H19NO2. The van der Waals surface area contributed by atoms with Gasteiger partial charge in [-0.2, -0.15) is 0 Å². The number of nitrogens with zero attached hydrogens (tertiary/aromatic N) is 1. The summed E-state index contributed by atoms with van der Waals surface area (Å²) in [6, 6.07) is 7.95. The van der Waals surface area contributed by atoms with Gasteiger partial charge in [-0.15, -0.1) is 0 Å². The minimum absolute atomic E-state index is 0.674. The predicted molar refractivity (Wildman–Crippen MR) is 68.7 cm³/mol. The summed E-state index contributed by atoms with van der Waals surface area (Å²) in [5.74, 6) is 0.674. The standard InChI is InChI=1S/C14H19NO2/c1-15(14(16)17)13-9-7-12(8-10-13)11-5-3-2-4-6-11/h7-11H,2-6H2,1H3,(H,16,17). The Morgan fingerprint density at radius 3 is 2.29 bits per heavy atom. The molecule has 1 fully saturated rings. The van der Waals surface area contributed by atoms with Crippen LogP contribution in [0.4, 0.5) is 10.5 Å². The van der Waals surface area contributed by atoms with Crippen LogP contribution in [0.3, 0.4) is 0 Å². The van der Waals surface area contributed by atoms with Crippen molar-refractivity contribution in [1.82, 2.24) is 0 Å². The van der Waals surface area contributed by atoms with Crippen LogP contribution in [-0.2, 0) is 0 Å². The molecule has 1 saturated carbocycles. The number of carbonyl (C=O) groups is 1. The Kier molecular flexibility index (Phi) is 3.67. The summed E-state index contributed by atoms with van der Waals surface area (Å²) in [5.41, 5.74) is 2.09. The number of hydrogen-bond acceptors (Lipinski definition) is 1. The van der Waals surface area contributed by atoms with Crippen LogP contribution in [0.2, 0.25) is 0 Å². The number of rotatable bonds is 2. The van der Waals surface area contributed by atoms with Crippen molar-refractivity contribution in [2.24, 2.45) is 0 Å². The molecule has 0 radical (unpaired) electrons. The van der Waals surface area contributed by atoms with Gasteiger partial charge in [0.05, 0.1) is 0 Å². The van der Waals surface area contributed by atoms with Crippen LogP contribution in [-0.4, -0.2) is 18.2 Å². The zero-order valence-corrected chi connectivity index (χ0v) is 10.2. The largest absolute Gasteiger partial charge is 0.465 e. The van der Waals surface area contributed by atoms with Crippen molar-refractivity contribution in [3.05, 3.63) is 29.8 Å². The number of benzene rings is 1. The van der Waals surface area contributed by atoms with Crippen molar-refractivity contribution in [3.63, 3.8) is 0 Å². The van der Waals surface area contributed by atoms with Gasteiger partial charge in [-0.25, -0.2) is 4.79 Å². The Morgan fingerprint density at radius 1 is 1.18 bits per heavy atom. The summed E-state index contributed by atoms with van der Waals surface area (Å²) in [6.45, 7) is 0. The molecule has 0 aromatic heterocycles. The molecule has 0 saturated heterocycles. The van der Waals surface area contributed by atoms with E-state index in [1.165, 1.54) is 42.6 Å². The number of carboxylic acid groups (broad SMARTS) is 1. The Labute approximate surface area is 102 Å². The first-order chi connectivity index (χ1) is 8.18. The number of anilines is 1. The fourth-order valence-electron chi connectivity index (χ4n) is 2.52. The van der Waals surface area contributed by atoms with Crippen LogP contribution in [0, 0.1) is 0 Å². The topological polar surface area (TPSA) is 40.5 Å². The zero-order chi connectivity index (χ0) is 12.3. The van der Waals surface area contributed by atoms with E-state index in [2.05, 4.69) is 12.1 Å². The summed E-state index contributed by atoms with van der Waals surface area (Å²) >= 11 is 0. The van der Waals surface area contributed by atoms with E-state index in [9.17, 15) is 4.79 Å². The minimum atomic E-state index is -0.921. The Hall–Kier alpha value is -1.51. The summed E-state index contributed by atoms with van der Waals surface area (Å²) in [6.07, 6.45) is 5.62. The van der Waals surface area contributed by atoms with Gasteiger partial charge in [0, 0.05) is 12.7 Å². The molecule has 0 spiro atoms. The molecule has 1 aromatic carbocycles. The monoisotopic (exact) mass is 233 g/mol. The molecule has 3 nitrogen and oxygen atoms in total. The van der Waals surface area contributed by atoms with Crippen molar-refractivity contribution in [2.45, 2.75) is 38.0 Å². The molecule has 3 heteroatoms. The lowest BCUT2D eigenvalue weighted by atomic mass is 9.84. The number of amides is 1. The van der Waals surface area contributed by atoms with Crippen molar-refractivity contribution < 1.29 is 9.90 Å². The summed E-state index contributed by atoms with van der Waals surface area (Å²) in [4.78, 5) is 12.1. The van der Waals surface area contributed by atoms with Crippen LogP contribution >= 0.6 is 0 Å². The highest BCUT2D eigenvalue weighted by Gasteiger charge is 2.16. The highest BCUT2D eigenvalue weighted by Crippen LogP contribution is 2.33. The van der Waals surface area contributed by atoms with Gasteiger partial charge < -0.3 is 5.11 Å². The molecule has 2 rings (SSSR count). The predicted octanol–water partition coefficient (Wildman–Crippen LogP) is 3.85. The third-order valence-electron chi connectivity index (χ3n) is 3.64. The van der Waals surface area contributed by atoms with Gasteiger partial charge >= 0.3 is 6.09 Å². The molecule has 1 aliphatic rings. The van der Waals surface area contributed by atoms with Crippen molar-refractivity contribution in [1.29, 1.82) is 0 Å². The maximum atomic E-state index is 10.8. The van der Waals surface area contributed by atoms with E-state index in [0.29, 0.717) is 5.92 Å². The van der Waals surface area contributed by atoms with Gasteiger partial charge in [0.25, 0.3) is 0 Å². The fourth-order valence-corrected chi connectivity index (χ4v) is 2.52. The van der Waals surface area contributed by atoms with Crippen LogP contribution in [0.5, 0.6) is 0 Å². The van der Waals surface area contributed by atoms with E-state index >= 15 is 0 Å². The molecule has 1 N–H and O–H groups in total. The Balaban J connectivity index is 2.09. The number of hydrogen-bond donors (Lipinski definition) is 1. The van der Waals surface area contributed by atoms with Crippen molar-refractivity contribution in [2.75, 3.05) is 11.9 Å². The van der Waals surface area contributed by atoms with E-state index in [4.69, 9.17) is 5.11 Å². The normalized spacial score (nSPS) is 16.8. The van der Waals surface area contributed by atoms with Gasteiger partial charge in [0.15, 0.2) is 0 Å². The molecular weight excluding hydrogens is 214 g/mol. The third-order valence-corrected chi connectivity index (χ3v) is 3.64. The van der Waals surface area contributed by atoms with Gasteiger partial charge in [-0.05, 0) is 36.5 Å². The Morgan fingerprint density at radius 2 is 1.76 bits per heavy atom. The first kappa shape index (κ1) is 12.0. The highest BCUT2D eigenvalue weighted by atomic mass is 16.4. The van der Waals surface area contributed by atoms with E-state index in [0.717, 1.165) is 5.69 Å². The molecule has 1 aromatic rings. The van der Waals surface area contributed by atoms with Crippen LogP contribution < -0.4 is 4.90 Å². The molecule has 1 amide bonds. The highest BCUT2D eigenvalue weighted by molar-refractivity contribution is 5.85. The fraction of sp³-hybridized carbons (Fsp3) is 0.500. The lowest BCUT2D eigenvalue weighted by molar-refractivity contribution is 0.203. The van der Waals surface area contributed by atoms with Gasteiger partial charge in [0.1, 0.15) is 0 Å². The summed E-state index contributed by atoms with van der Waals surface area (Å²) in [5, 5.41) is 8.88. The van der Waals surface area contributed by atoms with Gasteiger partial charge in [-0.3, -0.25) is 4.90 Å². The van der Waals surface area contributed by atoms with Crippen LogP contribution in [0.25, 0.3) is 0 Å². The maximum Gasteiger partial charge on any atom is 0.411 e. The Bertz CT molecular complexity index is 380. The maximum absolute atomic E-state index is 10.8. The van der Waals surface area contributed by atoms with Crippen LogP contribution in [0.1, 0.15) is 43.6 Å². The van der Waals surface area contributed by atoms with E-state index in [1.807, 2.05) is 12.1 Å². The first-order valence-corrected chi connectivity index (χ1v) is 6.25. The first-order valence-electron chi connectivity index (χ1n) is 6.25. The molecule has 0 unspecified atom stereocenters. The van der Waals surface area contributed by atoms with Crippen LogP contribution in [0.15, 0.2) is 24.3 Å². The van der Waals surface area contributed by atoms with E-state index in [-0.39, 0.29) is 0 Å². The third kappa shape index (κ3) is 2.78. The van der Waals surface area contributed by atoms with Gasteiger partial charge in [-0.1, -0.05) is 31.4 Å². The van der Waals surface area contributed by atoms with E-state index in [1.54, 1.807) is 7.05 Å². The van der Waals surface area contributed by atoms with Crippen molar-refractivity contribution >= 4 is 11.8 Å². The van der Waals surface area contributed by atoms with Gasteiger partial charge in [0.2, 0.25) is 0 Å². The summed E-state index contributed by atoms with van der Waals surface area (Å²) in [7, 11) is 1.57. The second-order valence-electron chi connectivity index (χ2n) is 4.77. The molecule has 17 heavy (non-hydrogen) atoms. The molecule has 0 atom stereocenters. The molecule has 92 valence electrons. The van der Waals surface area contributed by atoms with Crippen molar-refractivity contribution in [3.8, 4) is 0 Å². The SMILES string of the molecule is CN(C(=O)O)c1ccc(C2CCCCC2)cc1. The average molecular weight is 233 g/mol. The minimum Gasteiger partial charge on any atom is -0.465 e. The molecule has 0 heterocycles. The second kappa shape index (κ2) is 5.21. The summed E-state index contributed by atoms with van der Waals surface area (Å²) < 4.78 is 0. The lowest BCUT2D eigenvalue weighted by Gasteiger charge is -2.22. The van der Waals surface area contributed by atoms with E-state index < -0.39 is 6.09 Å². The zero-order valence-electron chi connectivity index (χ0n) is 10.2. The quantitative estimate of drug-likeness (QED) is 0.842. The lowest BCUT2D eigenvalue weighted by Crippen LogP contribution is -2.23. The second-order valence-corrected chi connectivity index (χ2v) is 4.77. The smallest absolute Gasteiger partial charge is 0.411 e. The average Bonchev–Trinajstić information content (AvgIpc) is 2.39. The molecule has 0 bridgehead atoms.